The summed E-state index contributed by atoms with van der Waals surface area (Å²) in [5, 5.41) is -1.96. The number of ether oxygens (including phenoxy) is 3. The molecule has 0 aromatic heterocycles. The number of hydrogen-bond acceptors (Lipinski definition) is 3. The van der Waals surface area contributed by atoms with Gasteiger partial charge in [-0.3, -0.25) is 0 Å². The number of alkyl halides is 9. The third kappa shape index (κ3) is 4.42. The molecule has 0 aliphatic heterocycles. The first-order valence-corrected chi connectivity index (χ1v) is 12.4. The van der Waals surface area contributed by atoms with E-state index < -0.39 is 46.9 Å². The average Bonchev–Trinajstić information content (AvgIpc) is 2.88. The van der Waals surface area contributed by atoms with E-state index >= 15 is 17.6 Å². The molecule has 0 amide bonds. The highest BCUT2D eigenvalue weighted by molar-refractivity contribution is 7.96. The molecular weight excluding hydrogens is 550 g/mol. The molecule has 38 heavy (non-hydrogen) atoms. The van der Waals surface area contributed by atoms with Crippen LogP contribution < -0.4 is 30.1 Å². The third-order valence-electron chi connectivity index (χ3n) is 5.87. The second-order valence-electron chi connectivity index (χ2n) is 7.96. The lowest BCUT2D eigenvalue weighted by Crippen LogP contribution is -2.64. The predicted molar refractivity (Wildman–Crippen MR) is 126 cm³/mol. The van der Waals surface area contributed by atoms with Crippen molar-refractivity contribution in [2.24, 2.45) is 0 Å². The summed E-state index contributed by atoms with van der Waals surface area (Å²) in [6.07, 6.45) is -6.99. The zero-order valence-electron chi connectivity index (χ0n) is 20.0. The van der Waals surface area contributed by atoms with Gasteiger partial charge >= 0.3 is 23.7 Å². The van der Waals surface area contributed by atoms with Gasteiger partial charge in [0.15, 0.2) is 7.26 Å². The minimum absolute atomic E-state index is 0.126. The van der Waals surface area contributed by atoms with Crippen molar-refractivity contribution in [3.63, 3.8) is 0 Å². The normalized spacial score (nSPS) is 13.3. The largest absolute Gasteiger partial charge is 0.497 e. The van der Waals surface area contributed by atoms with Gasteiger partial charge in [-0.15, -0.1) is 0 Å². The second-order valence-corrected chi connectivity index (χ2v) is 11.4. The number of methoxy groups -OCH3 is 3. The van der Waals surface area contributed by atoms with Crippen molar-refractivity contribution in [1.29, 1.82) is 0 Å². The molecule has 0 bridgehead atoms. The van der Waals surface area contributed by atoms with Crippen molar-refractivity contribution >= 4 is 23.2 Å². The Morgan fingerprint density at radius 2 is 0.816 bits per heavy atom. The molecule has 0 spiro atoms. The molecule has 0 radical (unpaired) electrons. The van der Waals surface area contributed by atoms with Crippen molar-refractivity contribution in [3.05, 3.63) is 72.8 Å². The van der Waals surface area contributed by atoms with E-state index in [0.29, 0.717) is 0 Å². The Hall–Kier alpha value is -3.14. The monoisotopic (exact) mass is 571 g/mol. The SMILES string of the molecule is COc1cccc([P+](c2cccc(OC)c2)(c2cccc(OC)c2)C(F)(F)C(F)(F)C(F)(F)C(F)(F)F)c1. The highest BCUT2D eigenvalue weighted by Gasteiger charge is 2.90. The van der Waals surface area contributed by atoms with Crippen molar-refractivity contribution in [1.82, 2.24) is 0 Å². The van der Waals surface area contributed by atoms with E-state index in [1.54, 1.807) is 0 Å². The van der Waals surface area contributed by atoms with E-state index in [1.807, 2.05) is 0 Å². The molecule has 0 fully saturated rings. The Bertz CT molecular complexity index is 1160. The minimum Gasteiger partial charge on any atom is -0.497 e. The molecule has 0 atom stereocenters. The van der Waals surface area contributed by atoms with E-state index in [-0.39, 0.29) is 17.2 Å². The Morgan fingerprint density at radius 1 is 0.500 bits per heavy atom. The van der Waals surface area contributed by atoms with Crippen LogP contribution in [0.5, 0.6) is 17.2 Å². The zero-order chi connectivity index (χ0) is 28.6. The summed E-state index contributed by atoms with van der Waals surface area (Å²) in [4.78, 5) is 0. The van der Waals surface area contributed by atoms with Crippen LogP contribution >= 0.6 is 7.26 Å². The van der Waals surface area contributed by atoms with Crippen LogP contribution in [0.4, 0.5) is 39.5 Å². The van der Waals surface area contributed by atoms with E-state index in [2.05, 4.69) is 0 Å². The van der Waals surface area contributed by atoms with Crippen LogP contribution in [0, 0.1) is 0 Å². The first-order chi connectivity index (χ1) is 17.6. The van der Waals surface area contributed by atoms with Crippen molar-refractivity contribution in [2.45, 2.75) is 23.7 Å². The Labute approximate surface area is 212 Å². The van der Waals surface area contributed by atoms with Crippen LogP contribution in [0.2, 0.25) is 0 Å². The van der Waals surface area contributed by atoms with Crippen LogP contribution in [0.1, 0.15) is 0 Å². The summed E-state index contributed by atoms with van der Waals surface area (Å²) < 4.78 is 147. The molecular formula is C25H21F9O3P+. The van der Waals surface area contributed by atoms with Gasteiger partial charge < -0.3 is 14.2 Å². The maximum Gasteiger partial charge on any atom is 0.460 e. The van der Waals surface area contributed by atoms with Gasteiger partial charge in [-0.25, -0.2) is 0 Å². The molecule has 0 saturated heterocycles. The summed E-state index contributed by atoms with van der Waals surface area (Å²) >= 11 is 0. The van der Waals surface area contributed by atoms with Gasteiger partial charge in [0.05, 0.1) is 21.3 Å². The van der Waals surface area contributed by atoms with Crippen LogP contribution in [0.3, 0.4) is 0 Å². The van der Waals surface area contributed by atoms with Crippen LogP contribution in [-0.4, -0.2) is 45.0 Å². The highest BCUT2D eigenvalue weighted by Crippen LogP contribution is 2.75. The summed E-state index contributed by atoms with van der Waals surface area (Å²) in [5.41, 5.74) is -6.02. The minimum atomic E-state index is -7.11. The molecule has 0 heterocycles. The van der Waals surface area contributed by atoms with Gasteiger partial charge in [0.1, 0.15) is 33.2 Å². The molecule has 0 unspecified atom stereocenters. The van der Waals surface area contributed by atoms with Gasteiger partial charge in [-0.1, -0.05) is 18.2 Å². The molecule has 0 N–H and O–H groups in total. The van der Waals surface area contributed by atoms with Crippen LogP contribution in [0.15, 0.2) is 72.8 Å². The number of hydrogen-bond donors (Lipinski definition) is 0. The summed E-state index contributed by atoms with van der Waals surface area (Å²) in [5.74, 6) is -14.4. The van der Waals surface area contributed by atoms with Gasteiger partial charge in [0, 0.05) is 18.2 Å². The standard InChI is InChI=1S/C25H21F9O3P/c1-35-16-7-4-10-19(13-16)38(20-11-5-8-17(14-20)36-2,21-12-6-9-18(15-21)37-3)25(33,34)23(28,29)22(26,27)24(30,31)32/h4-15H,1-3H3/q+1. The molecule has 3 aromatic carbocycles. The van der Waals surface area contributed by atoms with Crippen molar-refractivity contribution < 1.29 is 53.7 Å². The molecule has 3 aromatic rings. The summed E-state index contributed by atoms with van der Waals surface area (Å²) in [6, 6.07) is 12.8. The number of benzene rings is 3. The molecule has 0 aliphatic rings. The Balaban J connectivity index is 2.62. The Morgan fingerprint density at radius 3 is 1.08 bits per heavy atom. The fourth-order valence-electron chi connectivity index (χ4n) is 3.97. The maximum absolute atomic E-state index is 16.5. The Kier molecular flexibility index (Phi) is 7.90. The van der Waals surface area contributed by atoms with Crippen LogP contribution in [0.25, 0.3) is 0 Å². The topological polar surface area (TPSA) is 27.7 Å². The number of rotatable bonds is 9. The smallest absolute Gasteiger partial charge is 0.460 e. The lowest BCUT2D eigenvalue weighted by molar-refractivity contribution is -0.382. The van der Waals surface area contributed by atoms with Gasteiger partial charge in [-0.05, 0) is 36.4 Å². The van der Waals surface area contributed by atoms with Gasteiger partial charge in [0.25, 0.3) is 0 Å². The molecule has 13 heteroatoms. The average molecular weight is 571 g/mol. The molecule has 3 rings (SSSR count). The summed E-state index contributed by atoms with van der Waals surface area (Å²) in [7, 11) is -2.05. The van der Waals surface area contributed by atoms with Gasteiger partial charge in [0.2, 0.25) is 0 Å². The first kappa shape index (κ1) is 29.4. The zero-order valence-corrected chi connectivity index (χ0v) is 20.9. The second kappa shape index (κ2) is 10.2. The first-order valence-electron chi connectivity index (χ1n) is 10.6. The molecule has 3 nitrogen and oxygen atoms in total. The van der Waals surface area contributed by atoms with E-state index in [9.17, 15) is 22.0 Å². The lowest BCUT2D eigenvalue weighted by Gasteiger charge is -2.40. The van der Waals surface area contributed by atoms with Crippen LogP contribution in [-0.2, 0) is 0 Å². The quantitative estimate of drug-likeness (QED) is 0.219. The summed E-state index contributed by atoms with van der Waals surface area (Å²) in [6.45, 7) is 0. The highest BCUT2D eigenvalue weighted by atomic mass is 31.2. The molecule has 0 saturated carbocycles. The third-order valence-corrected chi connectivity index (χ3v) is 10.2. The molecule has 0 aliphatic carbocycles. The fraction of sp³-hybridized carbons (Fsp3) is 0.280. The predicted octanol–water partition coefficient (Wildman–Crippen LogP) is 6.43. The van der Waals surface area contributed by atoms with Crippen molar-refractivity contribution in [2.75, 3.05) is 21.3 Å². The fourth-order valence-corrected chi connectivity index (χ4v) is 8.29. The lowest BCUT2D eigenvalue weighted by atomic mass is 10.1. The number of halogens is 9. The van der Waals surface area contributed by atoms with E-state index in [4.69, 9.17) is 14.2 Å². The van der Waals surface area contributed by atoms with E-state index in [1.165, 1.54) is 18.2 Å². The van der Waals surface area contributed by atoms with Crippen molar-refractivity contribution in [3.8, 4) is 17.2 Å². The van der Waals surface area contributed by atoms with Gasteiger partial charge in [-0.2, -0.15) is 39.5 Å². The van der Waals surface area contributed by atoms with E-state index in [0.717, 1.165) is 75.9 Å². The molecule has 206 valence electrons. The maximum atomic E-state index is 16.5.